The summed E-state index contributed by atoms with van der Waals surface area (Å²) in [7, 11) is 0. The third kappa shape index (κ3) is 3.83. The van der Waals surface area contributed by atoms with Crippen LogP contribution >= 0.6 is 0 Å². The molecule has 0 N–H and O–H groups in total. The van der Waals surface area contributed by atoms with E-state index >= 15 is 0 Å². The molecule has 0 spiro atoms. The first-order valence-corrected chi connectivity index (χ1v) is 9.81. The third-order valence-electron chi connectivity index (χ3n) is 5.20. The Balaban J connectivity index is 1.53. The molecule has 0 aromatic carbocycles. The van der Waals surface area contributed by atoms with Crippen LogP contribution in [0, 0.1) is 6.92 Å². The Kier molecular flexibility index (Phi) is 5.24. The van der Waals surface area contributed by atoms with Crippen LogP contribution in [-0.2, 0) is 6.54 Å². The fraction of sp³-hybridized carbons (Fsp3) is 0.381. The monoisotopic (exact) mass is 393 g/mol. The van der Waals surface area contributed by atoms with Crippen molar-refractivity contribution in [2.75, 3.05) is 13.1 Å². The smallest absolute Gasteiger partial charge is 0.259 e. The molecule has 150 valence electrons. The lowest BCUT2D eigenvalue weighted by Gasteiger charge is -2.31. The van der Waals surface area contributed by atoms with E-state index in [2.05, 4.69) is 15.2 Å². The number of pyridine rings is 2. The van der Waals surface area contributed by atoms with Gasteiger partial charge in [-0.25, -0.2) is 4.98 Å². The Morgan fingerprint density at radius 2 is 2.03 bits per heavy atom. The number of hydrogen-bond donors (Lipinski definition) is 0. The number of aryl methyl sites for hydroxylation is 2. The maximum atomic E-state index is 13.1. The van der Waals surface area contributed by atoms with Gasteiger partial charge in [0, 0.05) is 56.6 Å². The van der Waals surface area contributed by atoms with Crippen LogP contribution in [-0.4, -0.2) is 49.7 Å². The number of amides is 1. The predicted octanol–water partition coefficient (Wildman–Crippen LogP) is 2.20. The zero-order valence-corrected chi connectivity index (χ0v) is 16.5. The molecule has 4 heterocycles. The van der Waals surface area contributed by atoms with Gasteiger partial charge in [-0.05, 0) is 32.0 Å². The summed E-state index contributed by atoms with van der Waals surface area (Å²) < 4.78 is 7.69. The summed E-state index contributed by atoms with van der Waals surface area (Å²) in [6.45, 7) is 5.54. The van der Waals surface area contributed by atoms with E-state index in [9.17, 15) is 9.59 Å². The second kappa shape index (κ2) is 7.98. The number of carbonyl (C=O) groups excluding carboxylic acids is 1. The highest BCUT2D eigenvalue weighted by molar-refractivity contribution is 5.97. The van der Waals surface area contributed by atoms with Crippen LogP contribution in [0.5, 0.6) is 5.88 Å². The number of fused-ring (bicyclic) bond motifs is 1. The first-order valence-electron chi connectivity index (χ1n) is 9.81. The lowest BCUT2D eigenvalue weighted by molar-refractivity contribution is 0.0584. The molecule has 3 aromatic heterocycles. The summed E-state index contributed by atoms with van der Waals surface area (Å²) in [5, 5.41) is 8.22. The van der Waals surface area contributed by atoms with Crippen LogP contribution in [0.4, 0.5) is 0 Å². The standard InChI is InChI=1S/C21H23N5O3/c1-3-25-13-17(19(27)16-7-6-14(2)23-20(16)25)21(28)26-11-8-15(9-12-26)29-18-5-4-10-22-24-18/h4-7,10,13,15H,3,8-9,11-12H2,1-2H3. The summed E-state index contributed by atoms with van der Waals surface area (Å²) in [6, 6.07) is 7.09. The lowest BCUT2D eigenvalue weighted by Crippen LogP contribution is -2.43. The molecule has 3 aromatic rings. The SMILES string of the molecule is CCn1cc(C(=O)N2CCC(Oc3cccnn3)CC2)c(=O)c2ccc(C)nc21. The molecule has 4 rings (SSSR count). The average Bonchev–Trinajstić information content (AvgIpc) is 2.75. The summed E-state index contributed by atoms with van der Waals surface area (Å²) in [5.74, 6) is 0.248. The van der Waals surface area contributed by atoms with Crippen LogP contribution in [0.25, 0.3) is 11.0 Å². The normalized spacial score (nSPS) is 14.9. The van der Waals surface area contributed by atoms with Gasteiger partial charge in [0.1, 0.15) is 17.3 Å². The Hall–Kier alpha value is -3.29. The van der Waals surface area contributed by atoms with Crippen molar-refractivity contribution in [2.45, 2.75) is 39.3 Å². The molecule has 8 heteroatoms. The molecule has 0 aliphatic carbocycles. The second-order valence-corrected chi connectivity index (χ2v) is 7.15. The van der Waals surface area contributed by atoms with Crippen molar-refractivity contribution in [3.8, 4) is 5.88 Å². The van der Waals surface area contributed by atoms with E-state index < -0.39 is 0 Å². The maximum Gasteiger partial charge on any atom is 0.259 e. The van der Waals surface area contributed by atoms with Crippen LogP contribution in [0.15, 0.2) is 41.5 Å². The van der Waals surface area contributed by atoms with Crippen molar-refractivity contribution in [2.24, 2.45) is 0 Å². The van der Waals surface area contributed by atoms with Gasteiger partial charge < -0.3 is 14.2 Å². The summed E-state index contributed by atoms with van der Waals surface area (Å²) in [6.07, 6.45) is 4.57. The quantitative estimate of drug-likeness (QED) is 0.675. The number of ether oxygens (including phenoxy) is 1. The number of aromatic nitrogens is 4. The van der Waals surface area contributed by atoms with Crippen molar-refractivity contribution in [1.82, 2.24) is 24.6 Å². The van der Waals surface area contributed by atoms with Crippen molar-refractivity contribution < 1.29 is 9.53 Å². The number of piperidine rings is 1. The lowest BCUT2D eigenvalue weighted by atomic mass is 10.1. The van der Waals surface area contributed by atoms with Crippen LogP contribution in [0.3, 0.4) is 0 Å². The minimum atomic E-state index is -0.264. The molecule has 1 amide bonds. The van der Waals surface area contributed by atoms with Gasteiger partial charge in [-0.1, -0.05) is 0 Å². The Labute approximate surface area is 168 Å². The highest BCUT2D eigenvalue weighted by Gasteiger charge is 2.27. The first-order chi connectivity index (χ1) is 14.1. The maximum absolute atomic E-state index is 13.1. The molecule has 1 aliphatic heterocycles. The zero-order chi connectivity index (χ0) is 20.4. The molecule has 0 bridgehead atoms. The molecule has 1 saturated heterocycles. The predicted molar refractivity (Wildman–Crippen MR) is 108 cm³/mol. The van der Waals surface area contributed by atoms with E-state index in [1.165, 1.54) is 0 Å². The minimum absolute atomic E-state index is 0.0215. The number of nitrogens with zero attached hydrogens (tertiary/aromatic N) is 5. The largest absolute Gasteiger partial charge is 0.473 e. The molecule has 0 atom stereocenters. The number of hydrogen-bond acceptors (Lipinski definition) is 6. The molecule has 8 nitrogen and oxygen atoms in total. The van der Waals surface area contributed by atoms with Gasteiger partial charge in [-0.2, -0.15) is 5.10 Å². The van der Waals surface area contributed by atoms with Crippen molar-refractivity contribution in [3.05, 3.63) is 58.1 Å². The molecule has 0 unspecified atom stereocenters. The zero-order valence-electron chi connectivity index (χ0n) is 16.5. The molecule has 29 heavy (non-hydrogen) atoms. The molecular formula is C21H23N5O3. The van der Waals surface area contributed by atoms with Gasteiger partial charge in [-0.3, -0.25) is 9.59 Å². The average molecular weight is 393 g/mol. The van der Waals surface area contributed by atoms with Gasteiger partial charge in [-0.15, -0.1) is 5.10 Å². The van der Waals surface area contributed by atoms with E-state index in [0.717, 1.165) is 5.69 Å². The fourth-order valence-corrected chi connectivity index (χ4v) is 3.62. The summed E-state index contributed by atoms with van der Waals surface area (Å²) in [5.41, 5.74) is 1.38. The Morgan fingerprint density at radius 3 is 2.72 bits per heavy atom. The Bertz CT molecular complexity index is 1090. The molecule has 1 fully saturated rings. The van der Waals surface area contributed by atoms with Crippen LogP contribution < -0.4 is 10.2 Å². The van der Waals surface area contributed by atoms with Gasteiger partial charge in [0.25, 0.3) is 5.91 Å². The molecular weight excluding hydrogens is 370 g/mol. The summed E-state index contributed by atoms with van der Waals surface area (Å²) in [4.78, 5) is 32.3. The summed E-state index contributed by atoms with van der Waals surface area (Å²) >= 11 is 0. The number of rotatable bonds is 4. The van der Waals surface area contributed by atoms with Gasteiger partial charge in [0.15, 0.2) is 0 Å². The van der Waals surface area contributed by atoms with Crippen molar-refractivity contribution in [1.29, 1.82) is 0 Å². The second-order valence-electron chi connectivity index (χ2n) is 7.15. The van der Waals surface area contributed by atoms with Gasteiger partial charge >= 0.3 is 0 Å². The fourth-order valence-electron chi connectivity index (χ4n) is 3.62. The topological polar surface area (TPSA) is 90.2 Å². The van der Waals surface area contributed by atoms with Crippen molar-refractivity contribution in [3.63, 3.8) is 0 Å². The van der Waals surface area contributed by atoms with E-state index in [0.29, 0.717) is 49.4 Å². The third-order valence-corrected chi connectivity index (χ3v) is 5.20. The van der Waals surface area contributed by atoms with E-state index in [-0.39, 0.29) is 23.0 Å². The first kappa shape index (κ1) is 19.0. The highest BCUT2D eigenvalue weighted by Crippen LogP contribution is 2.19. The molecule has 0 saturated carbocycles. The minimum Gasteiger partial charge on any atom is -0.473 e. The van der Waals surface area contributed by atoms with Crippen LogP contribution in [0.2, 0.25) is 0 Å². The van der Waals surface area contributed by atoms with Crippen molar-refractivity contribution >= 4 is 16.9 Å². The van der Waals surface area contributed by atoms with Crippen LogP contribution in [0.1, 0.15) is 35.8 Å². The number of carbonyl (C=O) groups is 1. The molecule has 1 aliphatic rings. The highest BCUT2D eigenvalue weighted by atomic mass is 16.5. The van der Waals surface area contributed by atoms with Gasteiger partial charge in [0.05, 0.1) is 5.39 Å². The van der Waals surface area contributed by atoms with Gasteiger partial charge in [0.2, 0.25) is 11.3 Å². The molecule has 0 radical (unpaired) electrons. The van der Waals surface area contributed by atoms with E-state index in [4.69, 9.17) is 4.74 Å². The van der Waals surface area contributed by atoms with E-state index in [1.54, 1.807) is 41.6 Å². The van der Waals surface area contributed by atoms with E-state index in [1.807, 2.05) is 18.4 Å². The number of likely N-dealkylation sites (tertiary alicyclic amines) is 1. The Morgan fingerprint density at radius 1 is 1.24 bits per heavy atom.